The highest BCUT2D eigenvalue weighted by atomic mass is 16.5. The zero-order chi connectivity index (χ0) is 13.1. The van der Waals surface area contributed by atoms with E-state index in [1.807, 2.05) is 0 Å². The summed E-state index contributed by atoms with van der Waals surface area (Å²) in [5.74, 6) is -1.76. The van der Waals surface area contributed by atoms with E-state index in [0.717, 1.165) is 5.56 Å². The second-order valence-corrected chi connectivity index (χ2v) is 3.89. The smallest absolute Gasteiger partial charge is 0.338 e. The number of aliphatic carboxylic acids is 1. The van der Waals surface area contributed by atoms with Gasteiger partial charge in [0.1, 0.15) is 6.61 Å². The van der Waals surface area contributed by atoms with Gasteiger partial charge in [-0.05, 0) is 18.2 Å². The summed E-state index contributed by atoms with van der Waals surface area (Å²) in [6.07, 6.45) is -0.291. The highest BCUT2D eigenvalue weighted by Gasteiger charge is 2.21. The highest BCUT2D eigenvalue weighted by Crippen LogP contribution is 2.23. The zero-order valence-corrected chi connectivity index (χ0v) is 9.43. The first kappa shape index (κ1) is 12.1. The Bertz CT molecular complexity index is 523. The molecular weight excluding hydrogens is 238 g/mol. The first-order chi connectivity index (χ1) is 8.56. The number of amides is 1. The fourth-order valence-electron chi connectivity index (χ4n) is 1.66. The highest BCUT2D eigenvalue weighted by molar-refractivity contribution is 5.96. The molecule has 2 rings (SSSR count). The first-order valence-electron chi connectivity index (χ1n) is 5.38. The van der Waals surface area contributed by atoms with E-state index in [2.05, 4.69) is 5.32 Å². The molecule has 18 heavy (non-hydrogen) atoms. The number of cyclic esters (lactones) is 1. The molecule has 2 N–H and O–H groups in total. The van der Waals surface area contributed by atoms with Gasteiger partial charge in [-0.3, -0.25) is 9.59 Å². The summed E-state index contributed by atoms with van der Waals surface area (Å²) in [4.78, 5) is 32.9. The molecule has 0 aliphatic carbocycles. The van der Waals surface area contributed by atoms with Gasteiger partial charge in [0.15, 0.2) is 0 Å². The largest absolute Gasteiger partial charge is 0.481 e. The number of esters is 1. The van der Waals surface area contributed by atoms with Crippen LogP contribution < -0.4 is 5.32 Å². The maximum atomic E-state index is 11.4. The van der Waals surface area contributed by atoms with Crippen LogP contribution in [0.4, 0.5) is 5.69 Å². The maximum Gasteiger partial charge on any atom is 0.338 e. The molecule has 1 aromatic rings. The van der Waals surface area contributed by atoms with Crippen molar-refractivity contribution in [3.8, 4) is 0 Å². The maximum absolute atomic E-state index is 11.4. The summed E-state index contributed by atoms with van der Waals surface area (Å²) in [5.41, 5.74) is 1.75. The number of carboxylic acid groups (broad SMARTS) is 1. The Morgan fingerprint density at radius 1 is 1.33 bits per heavy atom. The molecule has 0 saturated heterocycles. The van der Waals surface area contributed by atoms with Crippen molar-refractivity contribution in [2.24, 2.45) is 0 Å². The number of benzene rings is 1. The topological polar surface area (TPSA) is 92.7 Å². The standard InChI is InChI=1S/C12H11NO5/c14-10(3-4-11(15)16)13-8-1-2-9-7(5-8)6-18-12(9)17/h1-2,5H,3-4,6H2,(H,13,14)(H,15,16). The van der Waals surface area contributed by atoms with Crippen LogP contribution in [0.1, 0.15) is 28.8 Å². The van der Waals surface area contributed by atoms with Crippen molar-refractivity contribution >= 4 is 23.5 Å². The summed E-state index contributed by atoms with van der Waals surface area (Å²) in [7, 11) is 0. The average molecular weight is 249 g/mol. The quantitative estimate of drug-likeness (QED) is 0.781. The number of anilines is 1. The SMILES string of the molecule is O=C(O)CCC(=O)Nc1ccc2c(c1)COC2=O. The number of hydrogen-bond acceptors (Lipinski definition) is 4. The normalized spacial score (nSPS) is 12.8. The molecule has 6 nitrogen and oxygen atoms in total. The van der Waals surface area contributed by atoms with Crippen molar-refractivity contribution in [2.45, 2.75) is 19.4 Å². The lowest BCUT2D eigenvalue weighted by Crippen LogP contribution is -2.13. The molecule has 0 saturated carbocycles. The lowest BCUT2D eigenvalue weighted by molar-refractivity contribution is -0.138. The Labute approximate surface area is 103 Å². The molecule has 94 valence electrons. The van der Waals surface area contributed by atoms with Crippen LogP contribution in [0, 0.1) is 0 Å². The number of fused-ring (bicyclic) bond motifs is 1. The molecule has 1 amide bonds. The second-order valence-electron chi connectivity index (χ2n) is 3.89. The van der Waals surface area contributed by atoms with E-state index in [0.29, 0.717) is 11.3 Å². The molecule has 1 aromatic carbocycles. The van der Waals surface area contributed by atoms with E-state index in [4.69, 9.17) is 9.84 Å². The summed E-state index contributed by atoms with van der Waals surface area (Å²) in [6, 6.07) is 4.82. The molecule has 1 aliphatic rings. The minimum atomic E-state index is -1.02. The van der Waals surface area contributed by atoms with E-state index in [9.17, 15) is 14.4 Å². The number of hydrogen-bond donors (Lipinski definition) is 2. The zero-order valence-electron chi connectivity index (χ0n) is 9.43. The molecule has 0 fully saturated rings. The number of nitrogens with one attached hydrogen (secondary N) is 1. The molecule has 0 bridgehead atoms. The van der Waals surface area contributed by atoms with E-state index < -0.39 is 5.97 Å². The van der Waals surface area contributed by atoms with E-state index in [1.165, 1.54) is 0 Å². The third-order valence-electron chi connectivity index (χ3n) is 2.53. The number of ether oxygens (including phenoxy) is 1. The molecule has 6 heteroatoms. The fraction of sp³-hybridized carbons (Fsp3) is 0.250. The predicted octanol–water partition coefficient (Wildman–Crippen LogP) is 1.16. The van der Waals surface area contributed by atoms with E-state index in [-0.39, 0.29) is 31.3 Å². The van der Waals surface area contributed by atoms with Crippen LogP contribution in [0.25, 0.3) is 0 Å². The van der Waals surface area contributed by atoms with Gasteiger partial charge in [-0.1, -0.05) is 0 Å². The number of rotatable bonds is 4. The number of carbonyl (C=O) groups excluding carboxylic acids is 2. The molecular formula is C12H11NO5. The molecule has 0 unspecified atom stereocenters. The molecule has 1 heterocycles. The van der Waals surface area contributed by atoms with Crippen molar-refractivity contribution in [1.29, 1.82) is 0 Å². The third-order valence-corrected chi connectivity index (χ3v) is 2.53. The molecule has 0 atom stereocenters. The first-order valence-corrected chi connectivity index (χ1v) is 5.38. The van der Waals surface area contributed by atoms with Gasteiger partial charge in [0.2, 0.25) is 5.91 Å². The van der Waals surface area contributed by atoms with Crippen molar-refractivity contribution in [3.63, 3.8) is 0 Å². The van der Waals surface area contributed by atoms with Crippen molar-refractivity contribution in [1.82, 2.24) is 0 Å². The number of carbonyl (C=O) groups is 3. The van der Waals surface area contributed by atoms with Crippen LogP contribution >= 0.6 is 0 Å². The van der Waals surface area contributed by atoms with Crippen LogP contribution in [-0.2, 0) is 20.9 Å². The summed E-state index contributed by atoms with van der Waals surface area (Å²) in [5, 5.41) is 11.0. The van der Waals surface area contributed by atoms with Gasteiger partial charge >= 0.3 is 11.9 Å². The van der Waals surface area contributed by atoms with Crippen LogP contribution in [-0.4, -0.2) is 23.0 Å². The van der Waals surface area contributed by atoms with Crippen LogP contribution in [0.15, 0.2) is 18.2 Å². The van der Waals surface area contributed by atoms with Gasteiger partial charge < -0.3 is 15.2 Å². The van der Waals surface area contributed by atoms with Crippen molar-refractivity contribution in [3.05, 3.63) is 29.3 Å². The van der Waals surface area contributed by atoms with E-state index >= 15 is 0 Å². The number of carboxylic acids is 1. The van der Waals surface area contributed by atoms with Crippen molar-refractivity contribution in [2.75, 3.05) is 5.32 Å². The molecule has 1 aliphatic heterocycles. The minimum absolute atomic E-state index is 0.0815. The van der Waals surface area contributed by atoms with Gasteiger partial charge in [-0.15, -0.1) is 0 Å². The summed E-state index contributed by atoms with van der Waals surface area (Å²) >= 11 is 0. The Hall–Kier alpha value is -2.37. The lowest BCUT2D eigenvalue weighted by Gasteiger charge is -2.05. The van der Waals surface area contributed by atoms with Crippen LogP contribution in [0.2, 0.25) is 0 Å². The summed E-state index contributed by atoms with van der Waals surface area (Å²) < 4.78 is 4.83. The Kier molecular flexibility index (Phi) is 3.27. The van der Waals surface area contributed by atoms with Gasteiger partial charge in [-0.25, -0.2) is 4.79 Å². The summed E-state index contributed by atoms with van der Waals surface area (Å²) in [6.45, 7) is 0.201. The fourth-order valence-corrected chi connectivity index (χ4v) is 1.66. The van der Waals surface area contributed by atoms with Crippen LogP contribution in [0.3, 0.4) is 0 Å². The van der Waals surface area contributed by atoms with Gasteiger partial charge in [0.25, 0.3) is 0 Å². The average Bonchev–Trinajstić information content (AvgIpc) is 2.68. The Morgan fingerprint density at radius 2 is 2.11 bits per heavy atom. The minimum Gasteiger partial charge on any atom is -0.481 e. The Morgan fingerprint density at radius 3 is 2.83 bits per heavy atom. The van der Waals surface area contributed by atoms with Crippen molar-refractivity contribution < 1.29 is 24.2 Å². The van der Waals surface area contributed by atoms with Crippen LogP contribution in [0.5, 0.6) is 0 Å². The third kappa shape index (κ3) is 2.65. The molecule has 0 aromatic heterocycles. The molecule has 0 radical (unpaired) electrons. The lowest BCUT2D eigenvalue weighted by atomic mass is 10.1. The predicted molar refractivity (Wildman–Crippen MR) is 61.1 cm³/mol. The monoisotopic (exact) mass is 249 g/mol. The second kappa shape index (κ2) is 4.87. The van der Waals surface area contributed by atoms with Gasteiger partial charge in [0.05, 0.1) is 12.0 Å². The van der Waals surface area contributed by atoms with Gasteiger partial charge in [0, 0.05) is 17.7 Å². The van der Waals surface area contributed by atoms with Gasteiger partial charge in [-0.2, -0.15) is 0 Å². The molecule has 0 spiro atoms. The van der Waals surface area contributed by atoms with E-state index in [1.54, 1.807) is 18.2 Å². The Balaban J connectivity index is 2.00.